The van der Waals surface area contributed by atoms with Crippen LogP contribution in [0.4, 0.5) is 0 Å². The van der Waals surface area contributed by atoms with Crippen LogP contribution in [-0.2, 0) is 37.2 Å². The molecule has 12 aromatic carbocycles. The van der Waals surface area contributed by atoms with Gasteiger partial charge in [0.05, 0.1) is 50.3 Å². The van der Waals surface area contributed by atoms with Gasteiger partial charge in [0.15, 0.2) is 0 Å². The lowest BCUT2D eigenvalue weighted by Crippen LogP contribution is -2.41. The quantitative estimate of drug-likeness (QED) is 0.139. The molecule has 4 fully saturated rings. The van der Waals surface area contributed by atoms with Gasteiger partial charge < -0.3 is 37.2 Å². The first-order valence-corrected chi connectivity index (χ1v) is 34.9. The molecule has 4 aliphatic rings. The molecule has 0 aliphatic carbocycles. The maximum Gasteiger partial charge on any atom is 0.495 e. The molecule has 0 aromatic heterocycles. The molecule has 12 aromatic rings. The summed E-state index contributed by atoms with van der Waals surface area (Å²) in [5.74, 6) is 0. The van der Waals surface area contributed by atoms with Gasteiger partial charge in [0.2, 0.25) is 0 Å². The van der Waals surface area contributed by atoms with Crippen molar-refractivity contribution in [2.45, 2.75) is 156 Å². The summed E-state index contributed by atoms with van der Waals surface area (Å²) < 4.78 is 83.4. The van der Waals surface area contributed by atoms with Gasteiger partial charge in [-0.25, -0.2) is 0 Å². The Morgan fingerprint density at radius 1 is 0.230 bits per heavy atom. The molecule has 4 aliphatic heterocycles. The second-order valence-electron chi connectivity index (χ2n) is 30.6. The monoisotopic (exact) mass is 1320 g/mol. The summed E-state index contributed by atoms with van der Waals surface area (Å²) in [6.07, 6.45) is 0. The van der Waals surface area contributed by atoms with Gasteiger partial charge in [-0.15, -0.1) is 0 Å². The molecule has 4 saturated heterocycles. The normalized spacial score (nSPS) is 19.2. The highest BCUT2D eigenvalue weighted by atomic mass is 16.7. The van der Waals surface area contributed by atoms with Gasteiger partial charge in [-0.1, -0.05) is 267 Å². The summed E-state index contributed by atoms with van der Waals surface area (Å²) >= 11 is 0. The van der Waals surface area contributed by atoms with Crippen LogP contribution in [-0.4, -0.2) is 73.3 Å². The Morgan fingerprint density at radius 3 is 0.970 bits per heavy atom. The number of rotatable bonds is 8. The molecule has 0 N–H and O–H groups in total. The Labute approximate surface area is 599 Å². The highest BCUT2D eigenvalue weighted by Crippen LogP contribution is 2.42. The van der Waals surface area contributed by atoms with Crippen molar-refractivity contribution in [3.05, 3.63) is 267 Å². The van der Waals surface area contributed by atoms with Crippen LogP contribution in [0.3, 0.4) is 0 Å². The first-order valence-electron chi connectivity index (χ1n) is 36.9. The third-order valence-electron chi connectivity index (χ3n) is 21.9. The van der Waals surface area contributed by atoms with Crippen LogP contribution < -0.4 is 21.9 Å². The molecule has 0 unspecified atom stereocenters. The second-order valence-corrected chi connectivity index (χ2v) is 30.6. The summed E-state index contributed by atoms with van der Waals surface area (Å²) in [5, 5.41) is 9.44. The van der Waals surface area contributed by atoms with E-state index >= 15 is 0 Å². The maximum absolute atomic E-state index is 8.65. The Hall–Kier alpha value is -8.38. The van der Waals surface area contributed by atoms with Gasteiger partial charge in [-0.2, -0.15) is 0 Å². The lowest BCUT2D eigenvalue weighted by Gasteiger charge is -2.32. The average molecular weight is 1320 g/mol. The van der Waals surface area contributed by atoms with E-state index in [4.69, 9.17) is 42.7 Å². The van der Waals surface area contributed by atoms with Crippen molar-refractivity contribution in [2.24, 2.45) is 0 Å². The molecular weight excluding hydrogens is 1230 g/mol. The molecular formula is C88H92B4O8. The van der Waals surface area contributed by atoms with E-state index in [9.17, 15) is 0 Å². The summed E-state index contributed by atoms with van der Waals surface area (Å²) in [6.45, 7) is 32.7. The van der Waals surface area contributed by atoms with E-state index in [1.54, 1.807) is 0 Å². The Morgan fingerprint density at radius 2 is 0.530 bits per heavy atom. The number of hydrogen-bond acceptors (Lipinski definition) is 8. The van der Waals surface area contributed by atoms with Crippen LogP contribution in [0.15, 0.2) is 267 Å². The minimum atomic E-state index is -0.893. The number of benzene rings is 12. The van der Waals surface area contributed by atoms with Crippen LogP contribution >= 0.6 is 0 Å². The van der Waals surface area contributed by atoms with E-state index in [1.807, 2.05) is 70.2 Å². The lowest BCUT2D eigenvalue weighted by atomic mass is 9.74. The zero-order valence-corrected chi connectivity index (χ0v) is 60.7. The summed E-state index contributed by atoms with van der Waals surface area (Å²) in [5.41, 5.74) is 8.73. The van der Waals surface area contributed by atoms with E-state index in [0.717, 1.165) is 38.3 Å². The minimum absolute atomic E-state index is 0.0907. The molecule has 4 heterocycles. The van der Waals surface area contributed by atoms with Crippen LogP contribution in [0.5, 0.6) is 0 Å². The van der Waals surface area contributed by atoms with Crippen molar-refractivity contribution in [3.8, 4) is 44.5 Å². The van der Waals surface area contributed by atoms with Crippen LogP contribution in [0, 0.1) is 0 Å². The first kappa shape index (κ1) is 65.0. The maximum atomic E-state index is 8.65. The zero-order chi connectivity index (χ0) is 74.1. The molecule has 0 amide bonds. The van der Waals surface area contributed by atoms with Gasteiger partial charge >= 0.3 is 28.5 Å². The molecule has 0 radical (unpaired) electrons. The molecule has 8 nitrogen and oxygen atoms in total. The standard InChI is InChI=1S/4C22H23BO2/c1-21(2)22(3,4)25-23(24-21)18-12-7-11-17(15-18)20-14-8-10-16-9-5-6-13-19(16)20;2*1-21(2)22(3,4)25-23(24-21)20-15-8-7-13-19(20)18-14-9-11-16-10-5-6-12-17(16)18;1-21(2)22(3,4)25-23(24-21)18-14-12-17(13-15-18)20-11-7-9-16-8-5-6-10-19(16)20/h4*5-15H,1-4H3/i;7D,8D,13D,15D;;. The molecule has 16 rings (SSSR count). The van der Waals surface area contributed by atoms with E-state index in [-0.39, 0.29) is 79.1 Å². The highest BCUT2D eigenvalue weighted by molar-refractivity contribution is 6.65. The second kappa shape index (κ2) is 27.2. The Kier molecular flexibility index (Phi) is 17.7. The third kappa shape index (κ3) is 13.8. The Balaban J connectivity index is 0.000000123. The van der Waals surface area contributed by atoms with E-state index in [2.05, 4.69) is 283 Å². The lowest BCUT2D eigenvalue weighted by molar-refractivity contribution is 0.00578. The fraction of sp³-hybridized carbons (Fsp3) is 0.273. The fourth-order valence-electron chi connectivity index (χ4n) is 13.1. The average Bonchev–Trinajstić information content (AvgIpc) is 1.43. The largest absolute Gasteiger partial charge is 0.495 e. The molecule has 0 spiro atoms. The van der Waals surface area contributed by atoms with E-state index < -0.39 is 18.3 Å². The van der Waals surface area contributed by atoms with E-state index in [1.165, 1.54) is 60.1 Å². The minimum Gasteiger partial charge on any atom is -0.399 e. The topological polar surface area (TPSA) is 73.8 Å². The highest BCUT2D eigenvalue weighted by Gasteiger charge is 2.55. The number of fused-ring (bicyclic) bond motifs is 4. The van der Waals surface area contributed by atoms with Gasteiger partial charge in [-0.3, -0.25) is 0 Å². The van der Waals surface area contributed by atoms with Crippen LogP contribution in [0.25, 0.3) is 87.6 Å². The van der Waals surface area contributed by atoms with Crippen molar-refractivity contribution >= 4 is 93.4 Å². The smallest absolute Gasteiger partial charge is 0.399 e. The predicted octanol–water partition coefficient (Wildman–Crippen LogP) is 19.2. The van der Waals surface area contributed by atoms with Crippen molar-refractivity contribution < 1.29 is 42.7 Å². The van der Waals surface area contributed by atoms with Crippen LogP contribution in [0.2, 0.25) is 0 Å². The first-order chi connectivity index (χ1) is 49.2. The van der Waals surface area contributed by atoms with Gasteiger partial charge in [0.25, 0.3) is 0 Å². The van der Waals surface area contributed by atoms with Crippen molar-refractivity contribution in [1.82, 2.24) is 0 Å². The Bertz CT molecular complexity index is 5110. The molecule has 0 saturated carbocycles. The van der Waals surface area contributed by atoms with Crippen molar-refractivity contribution in [1.29, 1.82) is 0 Å². The molecule has 0 bridgehead atoms. The number of hydrogen-bond donors (Lipinski definition) is 0. The van der Waals surface area contributed by atoms with Crippen LogP contribution in [0.1, 0.15) is 116 Å². The predicted molar refractivity (Wildman–Crippen MR) is 420 cm³/mol. The molecule has 504 valence electrons. The summed E-state index contributed by atoms with van der Waals surface area (Å²) in [7, 11) is -1.90. The summed E-state index contributed by atoms with van der Waals surface area (Å²) in [6, 6.07) is 83.0. The molecule has 12 heteroatoms. The van der Waals surface area contributed by atoms with Gasteiger partial charge in [0, 0.05) is 0 Å². The SMILES string of the molecule is CC1(C)OB(c2ccc(-c3cccc4ccccc34)cc2)OC1(C)C.CC1(C)OB(c2cccc(-c3cccc4ccccc34)c2)OC1(C)C.CC1(C)OB(c2ccccc2-c2cccc3ccccc23)OC1(C)C.[2H]c1c([2H])c([2H])c(-c2cccc3ccccc23)c(B2OC(C)(C)C(C)(C)O2)c1[2H]. The van der Waals surface area contributed by atoms with Crippen molar-refractivity contribution in [2.75, 3.05) is 0 Å². The molecule has 100 heavy (non-hydrogen) atoms. The fourth-order valence-corrected chi connectivity index (χ4v) is 13.1. The molecule has 0 atom stereocenters. The van der Waals surface area contributed by atoms with Crippen molar-refractivity contribution in [3.63, 3.8) is 0 Å². The third-order valence-corrected chi connectivity index (χ3v) is 21.9. The van der Waals surface area contributed by atoms with E-state index in [0.29, 0.717) is 11.0 Å². The zero-order valence-electron chi connectivity index (χ0n) is 64.7. The van der Waals surface area contributed by atoms with Gasteiger partial charge in [-0.05, 0) is 220 Å². The van der Waals surface area contributed by atoms with Gasteiger partial charge in [0.1, 0.15) is 0 Å². The summed E-state index contributed by atoms with van der Waals surface area (Å²) in [4.78, 5) is 0.